The van der Waals surface area contributed by atoms with E-state index < -0.39 is 0 Å². The monoisotopic (exact) mass is 247 g/mol. The van der Waals surface area contributed by atoms with Gasteiger partial charge in [-0.25, -0.2) is 0 Å². The topological polar surface area (TPSA) is 69.5 Å². The van der Waals surface area contributed by atoms with Crippen LogP contribution in [0.5, 0.6) is 0 Å². The average molecular weight is 247 g/mol. The molecule has 0 unspecified atom stereocenters. The molecule has 1 N–H and O–H groups in total. The van der Waals surface area contributed by atoms with Gasteiger partial charge in [0.05, 0.1) is 22.5 Å². The van der Waals surface area contributed by atoms with Gasteiger partial charge in [0.1, 0.15) is 5.82 Å². The predicted molar refractivity (Wildman–Crippen MR) is 72.5 cm³/mol. The van der Waals surface area contributed by atoms with Crippen LogP contribution in [0.25, 0.3) is 22.3 Å². The normalized spacial score (nSPS) is 10.3. The van der Waals surface area contributed by atoms with Gasteiger partial charge in [0.15, 0.2) is 0 Å². The third-order valence-corrected chi connectivity index (χ3v) is 2.91. The summed E-state index contributed by atoms with van der Waals surface area (Å²) < 4.78 is 0. The summed E-state index contributed by atoms with van der Waals surface area (Å²) in [5, 5.41) is 9.33. The van der Waals surface area contributed by atoms with Crippen molar-refractivity contribution in [2.45, 2.75) is 0 Å². The van der Waals surface area contributed by atoms with Crippen molar-refractivity contribution in [2.24, 2.45) is 0 Å². The van der Waals surface area contributed by atoms with Gasteiger partial charge in [0.25, 0.3) is 5.56 Å². The fourth-order valence-electron chi connectivity index (χ4n) is 1.94. The van der Waals surface area contributed by atoms with Crippen molar-refractivity contribution in [3.8, 4) is 17.5 Å². The van der Waals surface area contributed by atoms with Gasteiger partial charge in [-0.2, -0.15) is 10.2 Å². The summed E-state index contributed by atoms with van der Waals surface area (Å²) in [6.07, 6.45) is 0. The van der Waals surface area contributed by atoms with E-state index in [0.717, 1.165) is 11.1 Å². The summed E-state index contributed by atoms with van der Waals surface area (Å²) in [4.78, 5) is 19.1. The second-order valence-corrected chi connectivity index (χ2v) is 4.13. The second-order valence-electron chi connectivity index (χ2n) is 4.13. The van der Waals surface area contributed by atoms with E-state index in [1.165, 1.54) is 0 Å². The van der Waals surface area contributed by atoms with Crippen molar-refractivity contribution in [2.75, 3.05) is 0 Å². The molecule has 4 heteroatoms. The number of benzene rings is 2. The Morgan fingerprint density at radius 1 is 1.05 bits per heavy atom. The van der Waals surface area contributed by atoms with Crippen LogP contribution in [0.3, 0.4) is 0 Å². The van der Waals surface area contributed by atoms with E-state index >= 15 is 0 Å². The first-order valence-electron chi connectivity index (χ1n) is 5.77. The maximum atomic E-state index is 11.9. The van der Waals surface area contributed by atoms with Crippen LogP contribution in [-0.2, 0) is 0 Å². The molecule has 0 fully saturated rings. The summed E-state index contributed by atoms with van der Waals surface area (Å²) in [7, 11) is 0. The summed E-state index contributed by atoms with van der Waals surface area (Å²) >= 11 is 0. The van der Waals surface area contributed by atoms with E-state index in [1.807, 2.05) is 12.1 Å². The van der Waals surface area contributed by atoms with Crippen LogP contribution in [0.4, 0.5) is 0 Å². The molecule has 0 radical (unpaired) electrons. The first-order chi connectivity index (χ1) is 9.28. The van der Waals surface area contributed by atoms with Gasteiger partial charge >= 0.3 is 0 Å². The minimum atomic E-state index is -0.256. The van der Waals surface area contributed by atoms with Gasteiger partial charge in [-0.05, 0) is 36.4 Å². The van der Waals surface area contributed by atoms with Gasteiger partial charge in [-0.3, -0.25) is 4.79 Å². The molecule has 0 saturated heterocycles. The van der Waals surface area contributed by atoms with E-state index in [1.54, 1.807) is 36.4 Å². The molecular weight excluding hydrogens is 238 g/mol. The first-order valence-corrected chi connectivity index (χ1v) is 5.77. The average Bonchev–Trinajstić information content (AvgIpc) is 2.47. The smallest absolute Gasteiger partial charge is 0.281 e. The number of H-pyrrole nitrogens is 1. The third-order valence-electron chi connectivity index (χ3n) is 2.91. The SMILES string of the molecule is N#Cc1ccc(-c2nc(=O)c3ccccc3[nH]2)cc1. The second kappa shape index (κ2) is 4.39. The highest BCUT2D eigenvalue weighted by atomic mass is 16.1. The van der Waals surface area contributed by atoms with Crippen molar-refractivity contribution in [3.63, 3.8) is 0 Å². The number of para-hydroxylation sites is 1. The van der Waals surface area contributed by atoms with Crippen molar-refractivity contribution < 1.29 is 0 Å². The minimum Gasteiger partial charge on any atom is -0.339 e. The predicted octanol–water partition coefficient (Wildman–Crippen LogP) is 2.46. The number of nitrogens with zero attached hydrogens (tertiary/aromatic N) is 2. The van der Waals surface area contributed by atoms with Crippen LogP contribution in [0, 0.1) is 11.3 Å². The molecule has 0 aliphatic carbocycles. The Labute approximate surface area is 109 Å². The van der Waals surface area contributed by atoms with Crippen LogP contribution in [0.15, 0.2) is 53.3 Å². The van der Waals surface area contributed by atoms with Gasteiger partial charge < -0.3 is 4.98 Å². The molecule has 1 aromatic heterocycles. The molecule has 3 aromatic rings. The molecule has 1 heterocycles. The standard InChI is InChI=1S/C15H9N3O/c16-9-10-5-7-11(8-6-10)14-17-13-4-2-1-3-12(13)15(19)18-14/h1-8H,(H,17,18,19). The quantitative estimate of drug-likeness (QED) is 0.718. The van der Waals surface area contributed by atoms with Gasteiger partial charge in [-0.1, -0.05) is 12.1 Å². The third kappa shape index (κ3) is 1.98. The van der Waals surface area contributed by atoms with Crippen molar-refractivity contribution in [1.82, 2.24) is 9.97 Å². The molecule has 0 amide bonds. The lowest BCUT2D eigenvalue weighted by Gasteiger charge is -2.03. The Morgan fingerprint density at radius 3 is 2.53 bits per heavy atom. The van der Waals surface area contributed by atoms with Crippen LogP contribution in [-0.4, -0.2) is 9.97 Å². The molecule has 4 nitrogen and oxygen atoms in total. The lowest BCUT2D eigenvalue weighted by atomic mass is 10.1. The molecular formula is C15H9N3O. The molecule has 19 heavy (non-hydrogen) atoms. The Morgan fingerprint density at radius 2 is 1.79 bits per heavy atom. The van der Waals surface area contributed by atoms with Crippen molar-refractivity contribution >= 4 is 10.9 Å². The molecule has 0 spiro atoms. The maximum Gasteiger partial charge on any atom is 0.281 e. The van der Waals surface area contributed by atoms with Crippen LogP contribution < -0.4 is 5.56 Å². The number of fused-ring (bicyclic) bond motifs is 1. The zero-order chi connectivity index (χ0) is 13.2. The number of nitrogens with one attached hydrogen (secondary N) is 1. The van der Waals surface area contributed by atoms with Crippen LogP contribution in [0.1, 0.15) is 5.56 Å². The fourth-order valence-corrected chi connectivity index (χ4v) is 1.94. The fraction of sp³-hybridized carbons (Fsp3) is 0. The summed E-state index contributed by atoms with van der Waals surface area (Å²) in [6, 6.07) is 16.2. The Kier molecular flexibility index (Phi) is 2.58. The minimum absolute atomic E-state index is 0.256. The van der Waals surface area contributed by atoms with Gasteiger partial charge in [-0.15, -0.1) is 0 Å². The number of aromatic nitrogens is 2. The highest BCUT2D eigenvalue weighted by molar-refractivity contribution is 5.79. The van der Waals surface area contributed by atoms with E-state index in [2.05, 4.69) is 16.0 Å². The number of aromatic amines is 1. The van der Waals surface area contributed by atoms with E-state index in [-0.39, 0.29) is 5.56 Å². The first kappa shape index (κ1) is 11.2. The zero-order valence-electron chi connectivity index (χ0n) is 9.92. The number of rotatable bonds is 1. The van der Waals surface area contributed by atoms with E-state index in [4.69, 9.17) is 5.26 Å². The Hall–Kier alpha value is -2.93. The zero-order valence-corrected chi connectivity index (χ0v) is 9.92. The molecule has 0 bridgehead atoms. The highest BCUT2D eigenvalue weighted by Gasteiger charge is 2.05. The number of hydrogen-bond acceptors (Lipinski definition) is 3. The molecule has 0 aliphatic rings. The largest absolute Gasteiger partial charge is 0.339 e. The molecule has 3 rings (SSSR count). The molecule has 0 saturated carbocycles. The van der Waals surface area contributed by atoms with Gasteiger partial charge in [0, 0.05) is 5.56 Å². The Balaban J connectivity index is 2.20. The molecule has 0 aliphatic heterocycles. The summed E-state index contributed by atoms with van der Waals surface area (Å²) in [6.45, 7) is 0. The molecule has 90 valence electrons. The highest BCUT2D eigenvalue weighted by Crippen LogP contribution is 2.16. The summed E-state index contributed by atoms with van der Waals surface area (Å²) in [5.74, 6) is 0.508. The Bertz CT molecular complexity index is 842. The van der Waals surface area contributed by atoms with E-state index in [9.17, 15) is 4.79 Å². The number of hydrogen-bond donors (Lipinski definition) is 1. The number of nitriles is 1. The summed E-state index contributed by atoms with van der Waals surface area (Å²) in [5.41, 5.74) is 1.85. The van der Waals surface area contributed by atoms with Gasteiger partial charge in [0.2, 0.25) is 0 Å². The van der Waals surface area contributed by atoms with Crippen LogP contribution in [0.2, 0.25) is 0 Å². The van der Waals surface area contributed by atoms with Crippen molar-refractivity contribution in [3.05, 3.63) is 64.4 Å². The van der Waals surface area contributed by atoms with Crippen molar-refractivity contribution in [1.29, 1.82) is 5.26 Å². The lowest BCUT2D eigenvalue weighted by molar-refractivity contribution is 1.18. The molecule has 0 atom stereocenters. The maximum absolute atomic E-state index is 11.9. The lowest BCUT2D eigenvalue weighted by Crippen LogP contribution is -2.09. The van der Waals surface area contributed by atoms with Crippen LogP contribution >= 0.6 is 0 Å². The van der Waals surface area contributed by atoms with E-state index in [0.29, 0.717) is 16.8 Å². The molecule has 2 aromatic carbocycles.